The first-order valence-electron chi connectivity index (χ1n) is 10.3. The van der Waals surface area contributed by atoms with Gasteiger partial charge in [0, 0.05) is 6.04 Å². The van der Waals surface area contributed by atoms with Crippen molar-refractivity contribution in [2.24, 2.45) is 46.2 Å². The molecular formula is C21H37NO. The first-order valence-corrected chi connectivity index (χ1v) is 10.3. The Hall–Kier alpha value is -0.0800. The van der Waals surface area contributed by atoms with E-state index in [1.54, 1.807) is 0 Å². The molecule has 0 aromatic heterocycles. The van der Waals surface area contributed by atoms with E-state index in [-0.39, 0.29) is 17.6 Å². The van der Waals surface area contributed by atoms with Crippen LogP contribution in [0.2, 0.25) is 0 Å². The highest BCUT2D eigenvalue weighted by atomic mass is 16.3. The van der Waals surface area contributed by atoms with Crippen molar-refractivity contribution in [3.8, 4) is 0 Å². The molecule has 9 unspecified atom stereocenters. The van der Waals surface area contributed by atoms with Crippen molar-refractivity contribution < 1.29 is 5.11 Å². The zero-order chi connectivity index (χ0) is 16.4. The number of nitrogens with two attached hydrogens (primary N) is 1. The lowest BCUT2D eigenvalue weighted by atomic mass is 9.44. The second-order valence-corrected chi connectivity index (χ2v) is 9.99. The summed E-state index contributed by atoms with van der Waals surface area (Å²) in [5, 5.41) is 11.0. The summed E-state index contributed by atoms with van der Waals surface area (Å²) in [4.78, 5) is 0. The van der Waals surface area contributed by atoms with Gasteiger partial charge in [-0.2, -0.15) is 0 Å². The van der Waals surface area contributed by atoms with Crippen LogP contribution in [0.15, 0.2) is 0 Å². The molecule has 23 heavy (non-hydrogen) atoms. The monoisotopic (exact) mass is 319 g/mol. The van der Waals surface area contributed by atoms with E-state index in [9.17, 15) is 5.11 Å². The van der Waals surface area contributed by atoms with E-state index in [0.717, 1.165) is 36.5 Å². The fraction of sp³-hybridized carbons (Fsp3) is 1.00. The number of aliphatic hydroxyl groups excluding tert-OH is 1. The van der Waals surface area contributed by atoms with Gasteiger partial charge in [-0.3, -0.25) is 0 Å². The van der Waals surface area contributed by atoms with Gasteiger partial charge in [0.15, 0.2) is 0 Å². The second-order valence-electron chi connectivity index (χ2n) is 9.99. The van der Waals surface area contributed by atoms with E-state index in [2.05, 4.69) is 20.8 Å². The van der Waals surface area contributed by atoms with Gasteiger partial charge in [0.05, 0.1) is 6.10 Å². The van der Waals surface area contributed by atoms with E-state index < -0.39 is 0 Å². The molecule has 0 heterocycles. The van der Waals surface area contributed by atoms with Crippen molar-refractivity contribution in [2.75, 3.05) is 0 Å². The van der Waals surface area contributed by atoms with Crippen molar-refractivity contribution in [2.45, 2.75) is 90.7 Å². The molecular weight excluding hydrogens is 282 g/mol. The standard InChI is InChI=1S/C21H37NO/c1-4-13-6-8-17-16-7-5-14-11-15(22)12-19(23)21(14,3)18(16)9-10-20(13,17)2/h13-19,23H,4-12,22H2,1-3H3. The molecule has 0 aromatic carbocycles. The van der Waals surface area contributed by atoms with Gasteiger partial charge in [-0.15, -0.1) is 0 Å². The number of aliphatic hydroxyl groups is 1. The van der Waals surface area contributed by atoms with Gasteiger partial charge in [-0.25, -0.2) is 0 Å². The topological polar surface area (TPSA) is 46.2 Å². The Morgan fingerprint density at radius 2 is 1.78 bits per heavy atom. The van der Waals surface area contributed by atoms with E-state index in [1.165, 1.54) is 44.9 Å². The van der Waals surface area contributed by atoms with Crippen LogP contribution in [0.3, 0.4) is 0 Å². The highest BCUT2D eigenvalue weighted by Gasteiger charge is 2.61. The molecule has 4 rings (SSSR count). The van der Waals surface area contributed by atoms with Gasteiger partial charge in [-0.1, -0.05) is 27.2 Å². The summed E-state index contributed by atoms with van der Waals surface area (Å²) >= 11 is 0. The average Bonchev–Trinajstić information content (AvgIpc) is 2.85. The van der Waals surface area contributed by atoms with Gasteiger partial charge in [0.2, 0.25) is 0 Å². The van der Waals surface area contributed by atoms with Crippen LogP contribution in [-0.2, 0) is 0 Å². The van der Waals surface area contributed by atoms with Crippen LogP contribution in [0.5, 0.6) is 0 Å². The molecule has 0 aliphatic heterocycles. The number of rotatable bonds is 1. The van der Waals surface area contributed by atoms with Gasteiger partial charge in [-0.05, 0) is 91.8 Å². The van der Waals surface area contributed by atoms with Gasteiger partial charge < -0.3 is 10.8 Å². The third-order valence-electron chi connectivity index (χ3n) is 9.48. The molecule has 0 spiro atoms. The number of hydrogen-bond acceptors (Lipinski definition) is 2. The Bertz CT molecular complexity index is 465. The normalized spacial score (nSPS) is 59.1. The second kappa shape index (κ2) is 5.46. The SMILES string of the molecule is CCC1CCC2C3CCC4CC(N)CC(O)C4(C)C3CCC12C. The molecule has 4 aliphatic rings. The minimum absolute atomic E-state index is 0.143. The van der Waals surface area contributed by atoms with Gasteiger partial charge >= 0.3 is 0 Å². The van der Waals surface area contributed by atoms with E-state index in [4.69, 9.17) is 5.73 Å². The quantitative estimate of drug-likeness (QED) is 0.754. The molecule has 2 heteroatoms. The molecule has 9 atom stereocenters. The summed E-state index contributed by atoms with van der Waals surface area (Å²) in [7, 11) is 0. The van der Waals surface area contributed by atoms with Gasteiger partial charge in [0.1, 0.15) is 0 Å². The Kier molecular flexibility index (Phi) is 3.89. The summed E-state index contributed by atoms with van der Waals surface area (Å²) < 4.78 is 0. The van der Waals surface area contributed by atoms with Crippen LogP contribution in [0.25, 0.3) is 0 Å². The van der Waals surface area contributed by atoms with Crippen LogP contribution < -0.4 is 5.73 Å². The van der Waals surface area contributed by atoms with Crippen molar-refractivity contribution in [3.05, 3.63) is 0 Å². The lowest BCUT2D eigenvalue weighted by Gasteiger charge is -2.62. The lowest BCUT2D eigenvalue weighted by molar-refractivity contribution is -0.165. The lowest BCUT2D eigenvalue weighted by Crippen LogP contribution is -2.60. The fourth-order valence-corrected chi connectivity index (χ4v) is 8.14. The first-order chi connectivity index (χ1) is 10.9. The fourth-order valence-electron chi connectivity index (χ4n) is 8.14. The smallest absolute Gasteiger partial charge is 0.0613 e. The Morgan fingerprint density at radius 1 is 1.00 bits per heavy atom. The minimum Gasteiger partial charge on any atom is -0.392 e. The Balaban J connectivity index is 1.64. The van der Waals surface area contributed by atoms with Crippen LogP contribution >= 0.6 is 0 Å². The van der Waals surface area contributed by atoms with E-state index >= 15 is 0 Å². The van der Waals surface area contributed by atoms with Gasteiger partial charge in [0.25, 0.3) is 0 Å². The third-order valence-corrected chi connectivity index (χ3v) is 9.48. The predicted octanol–water partition coefficient (Wildman–Crippen LogP) is 4.35. The Morgan fingerprint density at radius 3 is 2.52 bits per heavy atom. The summed E-state index contributed by atoms with van der Waals surface area (Å²) in [5.41, 5.74) is 6.98. The largest absolute Gasteiger partial charge is 0.392 e. The van der Waals surface area contributed by atoms with Crippen LogP contribution in [0.1, 0.15) is 78.6 Å². The third kappa shape index (κ3) is 2.13. The molecule has 3 N–H and O–H groups in total. The van der Waals surface area contributed by atoms with E-state index in [1.807, 2.05) is 0 Å². The first kappa shape index (κ1) is 16.4. The van der Waals surface area contributed by atoms with Crippen LogP contribution in [0.4, 0.5) is 0 Å². The summed E-state index contributed by atoms with van der Waals surface area (Å²) in [6.45, 7) is 7.44. The molecule has 0 saturated heterocycles. The maximum absolute atomic E-state index is 11.0. The molecule has 0 radical (unpaired) electrons. The van der Waals surface area contributed by atoms with Crippen molar-refractivity contribution >= 4 is 0 Å². The highest BCUT2D eigenvalue weighted by molar-refractivity contribution is 5.11. The number of fused-ring (bicyclic) bond motifs is 5. The summed E-state index contributed by atoms with van der Waals surface area (Å²) in [6.07, 6.45) is 11.5. The molecule has 4 fully saturated rings. The highest BCUT2D eigenvalue weighted by Crippen LogP contribution is 2.67. The van der Waals surface area contributed by atoms with Crippen LogP contribution in [-0.4, -0.2) is 17.3 Å². The molecule has 0 aromatic rings. The zero-order valence-electron chi connectivity index (χ0n) is 15.4. The zero-order valence-corrected chi connectivity index (χ0v) is 15.4. The summed E-state index contributed by atoms with van der Waals surface area (Å²) in [6, 6.07) is 0.226. The molecule has 2 nitrogen and oxygen atoms in total. The minimum atomic E-state index is -0.170. The molecule has 132 valence electrons. The predicted molar refractivity (Wildman–Crippen MR) is 94.9 cm³/mol. The Labute approximate surface area is 142 Å². The molecule has 4 saturated carbocycles. The number of hydrogen-bond donors (Lipinski definition) is 2. The van der Waals surface area contributed by atoms with E-state index in [0.29, 0.717) is 11.3 Å². The summed E-state index contributed by atoms with van der Waals surface area (Å²) in [5.74, 6) is 4.15. The molecule has 0 amide bonds. The maximum Gasteiger partial charge on any atom is 0.0613 e. The van der Waals surface area contributed by atoms with Crippen molar-refractivity contribution in [1.82, 2.24) is 0 Å². The van der Waals surface area contributed by atoms with Crippen molar-refractivity contribution in [3.63, 3.8) is 0 Å². The van der Waals surface area contributed by atoms with Crippen molar-refractivity contribution in [1.29, 1.82) is 0 Å². The van der Waals surface area contributed by atoms with Crippen LogP contribution in [0, 0.1) is 40.4 Å². The maximum atomic E-state index is 11.0. The average molecular weight is 320 g/mol. The molecule has 0 bridgehead atoms. The molecule has 4 aliphatic carbocycles.